The van der Waals surface area contributed by atoms with Gasteiger partial charge in [0, 0.05) is 23.7 Å². The lowest BCUT2D eigenvalue weighted by atomic mass is 10.2. The van der Waals surface area contributed by atoms with Gasteiger partial charge in [0.2, 0.25) is 11.8 Å². The minimum Gasteiger partial charge on any atom is -0.315 e. The Bertz CT molecular complexity index is 809. The molecule has 1 heterocycles. The Hall–Kier alpha value is -2.86. The van der Waals surface area contributed by atoms with Crippen LogP contribution in [0.2, 0.25) is 5.02 Å². The molecule has 0 saturated carbocycles. The highest BCUT2D eigenvalue weighted by Gasteiger charge is 2.27. The molecule has 26 heavy (non-hydrogen) atoms. The van der Waals surface area contributed by atoms with Crippen LogP contribution < -0.4 is 10.2 Å². The van der Waals surface area contributed by atoms with Gasteiger partial charge in [-0.2, -0.15) is 0 Å². The van der Waals surface area contributed by atoms with Gasteiger partial charge < -0.3 is 9.80 Å². The highest BCUT2D eigenvalue weighted by Crippen LogP contribution is 2.21. The monoisotopic (exact) mass is 371 g/mol. The number of carbonyl (C=O) groups is 3. The van der Waals surface area contributed by atoms with E-state index in [1.807, 2.05) is 30.3 Å². The van der Waals surface area contributed by atoms with Crippen molar-refractivity contribution in [2.24, 2.45) is 0 Å². The zero-order chi connectivity index (χ0) is 18.5. The number of hydrogen-bond acceptors (Lipinski definition) is 3. The topological polar surface area (TPSA) is 69.7 Å². The average molecular weight is 372 g/mol. The fourth-order valence-corrected chi connectivity index (χ4v) is 2.83. The van der Waals surface area contributed by atoms with Crippen molar-refractivity contribution in [1.82, 2.24) is 10.2 Å². The Morgan fingerprint density at radius 1 is 1.08 bits per heavy atom. The molecule has 1 N–H and O–H groups in total. The molecule has 6 nitrogen and oxygen atoms in total. The first-order chi connectivity index (χ1) is 12.5. The van der Waals surface area contributed by atoms with Gasteiger partial charge in [0.1, 0.15) is 6.54 Å². The Kier molecular flexibility index (Phi) is 5.53. The summed E-state index contributed by atoms with van der Waals surface area (Å²) in [6.07, 6.45) is 0.193. The third-order valence-electron chi connectivity index (χ3n) is 4.09. The van der Waals surface area contributed by atoms with E-state index in [1.165, 1.54) is 4.90 Å². The molecular weight excluding hydrogens is 354 g/mol. The van der Waals surface area contributed by atoms with E-state index in [-0.39, 0.29) is 31.3 Å². The number of urea groups is 1. The molecule has 0 unspecified atom stereocenters. The van der Waals surface area contributed by atoms with Gasteiger partial charge in [0.05, 0.1) is 6.54 Å². The van der Waals surface area contributed by atoms with E-state index in [0.717, 1.165) is 5.56 Å². The van der Waals surface area contributed by atoms with Crippen molar-refractivity contribution in [1.29, 1.82) is 0 Å². The van der Waals surface area contributed by atoms with Crippen LogP contribution in [-0.2, 0) is 16.1 Å². The van der Waals surface area contributed by atoms with E-state index in [9.17, 15) is 14.4 Å². The number of nitrogens with zero attached hydrogens (tertiary/aromatic N) is 2. The minimum absolute atomic E-state index is 0.103. The first-order valence-electron chi connectivity index (χ1n) is 8.21. The number of hydrogen-bond donors (Lipinski definition) is 1. The zero-order valence-corrected chi connectivity index (χ0v) is 14.8. The van der Waals surface area contributed by atoms with Gasteiger partial charge in [-0.1, -0.05) is 41.9 Å². The number of carbonyl (C=O) groups excluding carboxylic acids is 3. The van der Waals surface area contributed by atoms with Crippen LogP contribution in [0.25, 0.3) is 0 Å². The van der Waals surface area contributed by atoms with Gasteiger partial charge in [0.25, 0.3) is 0 Å². The van der Waals surface area contributed by atoms with Gasteiger partial charge in [-0.3, -0.25) is 14.9 Å². The first-order valence-corrected chi connectivity index (χ1v) is 8.59. The molecule has 3 rings (SSSR count). The van der Waals surface area contributed by atoms with Crippen LogP contribution in [0.4, 0.5) is 10.5 Å². The van der Waals surface area contributed by atoms with Crippen molar-refractivity contribution in [3.05, 3.63) is 65.2 Å². The summed E-state index contributed by atoms with van der Waals surface area (Å²) in [5, 5.41) is 2.81. The second-order valence-corrected chi connectivity index (χ2v) is 6.40. The highest BCUT2D eigenvalue weighted by molar-refractivity contribution is 6.30. The van der Waals surface area contributed by atoms with E-state index in [4.69, 9.17) is 11.6 Å². The standard InChI is InChI=1S/C19H18ClN3O3/c20-15-6-8-16(9-7-15)23(12-14-4-2-1-3-5-14)18(25)13-22-11-10-17(24)21-19(22)26/h1-9H,10-13H2,(H,21,24,26). The summed E-state index contributed by atoms with van der Waals surface area (Å²) in [7, 11) is 0. The van der Waals surface area contributed by atoms with Crippen LogP contribution >= 0.6 is 11.6 Å². The molecule has 0 radical (unpaired) electrons. The van der Waals surface area contributed by atoms with E-state index in [0.29, 0.717) is 17.3 Å². The van der Waals surface area contributed by atoms with Crippen molar-refractivity contribution in [2.45, 2.75) is 13.0 Å². The molecule has 0 bridgehead atoms. The van der Waals surface area contributed by atoms with Crippen molar-refractivity contribution < 1.29 is 14.4 Å². The van der Waals surface area contributed by atoms with Gasteiger partial charge in [-0.05, 0) is 29.8 Å². The fourth-order valence-electron chi connectivity index (χ4n) is 2.71. The molecule has 1 aliphatic rings. The number of benzene rings is 2. The smallest absolute Gasteiger partial charge is 0.315 e. The maximum absolute atomic E-state index is 12.9. The van der Waals surface area contributed by atoms with Crippen molar-refractivity contribution in [2.75, 3.05) is 18.0 Å². The molecule has 1 saturated heterocycles. The summed E-state index contributed by atoms with van der Waals surface area (Å²) in [6.45, 7) is 0.500. The molecule has 134 valence electrons. The predicted molar refractivity (Wildman–Crippen MR) is 98.8 cm³/mol. The maximum Gasteiger partial charge on any atom is 0.324 e. The van der Waals surface area contributed by atoms with Crippen molar-refractivity contribution >= 4 is 35.1 Å². The third kappa shape index (κ3) is 4.40. The van der Waals surface area contributed by atoms with Crippen LogP contribution in [0.15, 0.2) is 54.6 Å². The largest absolute Gasteiger partial charge is 0.324 e. The van der Waals surface area contributed by atoms with Gasteiger partial charge in [-0.15, -0.1) is 0 Å². The summed E-state index contributed by atoms with van der Waals surface area (Å²) in [6, 6.07) is 16.0. The molecule has 0 aromatic heterocycles. The van der Waals surface area contributed by atoms with Crippen LogP contribution in [-0.4, -0.2) is 35.8 Å². The lowest BCUT2D eigenvalue weighted by Crippen LogP contribution is -2.52. The molecule has 2 aromatic rings. The quantitative estimate of drug-likeness (QED) is 0.878. The molecule has 1 aliphatic heterocycles. The van der Waals surface area contributed by atoms with Crippen molar-refractivity contribution in [3.63, 3.8) is 0 Å². The second-order valence-electron chi connectivity index (χ2n) is 5.97. The second kappa shape index (κ2) is 8.01. The maximum atomic E-state index is 12.9. The average Bonchev–Trinajstić information content (AvgIpc) is 2.64. The number of rotatable bonds is 5. The number of halogens is 1. The lowest BCUT2D eigenvalue weighted by molar-refractivity contribution is -0.124. The Balaban J connectivity index is 1.80. The predicted octanol–water partition coefficient (Wildman–Crippen LogP) is 2.82. The first kappa shape index (κ1) is 17.9. The zero-order valence-electron chi connectivity index (χ0n) is 14.0. The number of imide groups is 1. The molecular formula is C19H18ClN3O3. The summed E-state index contributed by atoms with van der Waals surface area (Å²) in [5.41, 5.74) is 1.66. The summed E-state index contributed by atoms with van der Waals surface area (Å²) >= 11 is 5.95. The van der Waals surface area contributed by atoms with E-state index < -0.39 is 6.03 Å². The molecule has 0 aliphatic carbocycles. The Labute approximate surface area is 156 Å². The van der Waals surface area contributed by atoms with Gasteiger partial charge in [0.15, 0.2) is 0 Å². The van der Waals surface area contributed by atoms with E-state index in [2.05, 4.69) is 5.32 Å². The molecule has 1 fully saturated rings. The van der Waals surface area contributed by atoms with Gasteiger partial charge in [-0.25, -0.2) is 4.79 Å². The number of amides is 4. The molecule has 2 aromatic carbocycles. The minimum atomic E-state index is -0.537. The SMILES string of the molecule is O=C1CCN(CC(=O)N(Cc2ccccc2)c2ccc(Cl)cc2)C(=O)N1. The molecule has 0 spiro atoms. The normalized spacial score (nSPS) is 14.1. The Morgan fingerprint density at radius 3 is 2.42 bits per heavy atom. The lowest BCUT2D eigenvalue weighted by Gasteiger charge is -2.29. The van der Waals surface area contributed by atoms with Crippen LogP contribution in [0.3, 0.4) is 0 Å². The molecule has 0 atom stereocenters. The molecule has 4 amide bonds. The highest BCUT2D eigenvalue weighted by atomic mass is 35.5. The summed E-state index contributed by atoms with van der Waals surface area (Å²) in [4.78, 5) is 39.0. The third-order valence-corrected chi connectivity index (χ3v) is 4.34. The van der Waals surface area contributed by atoms with Crippen LogP contribution in [0.5, 0.6) is 0 Å². The summed E-state index contributed by atoms with van der Waals surface area (Å²) < 4.78 is 0. The van der Waals surface area contributed by atoms with Crippen molar-refractivity contribution in [3.8, 4) is 0 Å². The Morgan fingerprint density at radius 2 is 1.77 bits per heavy atom. The number of anilines is 1. The van der Waals surface area contributed by atoms with Crippen LogP contribution in [0.1, 0.15) is 12.0 Å². The van der Waals surface area contributed by atoms with E-state index in [1.54, 1.807) is 29.2 Å². The van der Waals surface area contributed by atoms with E-state index >= 15 is 0 Å². The van der Waals surface area contributed by atoms with Crippen LogP contribution in [0, 0.1) is 0 Å². The number of nitrogens with one attached hydrogen (secondary N) is 1. The fraction of sp³-hybridized carbons (Fsp3) is 0.211. The van der Waals surface area contributed by atoms with Gasteiger partial charge >= 0.3 is 6.03 Å². The molecule has 7 heteroatoms. The summed E-state index contributed by atoms with van der Waals surface area (Å²) in [5.74, 6) is -0.557.